The van der Waals surface area contributed by atoms with Gasteiger partial charge in [0.25, 0.3) is 0 Å². The van der Waals surface area contributed by atoms with Gasteiger partial charge >= 0.3 is 0 Å². The molecule has 0 aliphatic carbocycles. The molecule has 28 heavy (non-hydrogen) atoms. The molecular weight excluding hydrogens is 366 g/mol. The van der Waals surface area contributed by atoms with Crippen LogP contribution < -0.4 is 5.32 Å². The van der Waals surface area contributed by atoms with Crippen molar-refractivity contribution in [3.05, 3.63) is 77.0 Å². The molecule has 0 bridgehead atoms. The van der Waals surface area contributed by atoms with Crippen LogP contribution in [0.3, 0.4) is 0 Å². The Morgan fingerprint density at radius 3 is 2.54 bits per heavy atom. The Balaban J connectivity index is 1.85. The average Bonchev–Trinajstić information content (AvgIpc) is 3.18. The summed E-state index contributed by atoms with van der Waals surface area (Å²) in [7, 11) is 0. The Kier molecular flexibility index (Phi) is 4.89. The number of rotatable bonds is 4. The standard InChI is InChI=1S/C22H25N5S/c1-5-26-20(19(25-22(26)28)18-10-6-7-11-23-18)17-13-15(3)27(16(17)4)21-14(2)9-8-12-24-21/h6-13,19-20H,5H2,1-4H3,(H,25,28)/t19-,20+/m1/s1. The van der Waals surface area contributed by atoms with Gasteiger partial charge in [0.15, 0.2) is 5.11 Å². The zero-order chi connectivity index (χ0) is 19.8. The number of likely N-dealkylation sites (N-methyl/N-ethyl adjacent to an activating group) is 1. The molecule has 0 unspecified atom stereocenters. The van der Waals surface area contributed by atoms with Crippen molar-refractivity contribution in [2.45, 2.75) is 39.8 Å². The molecule has 6 heteroatoms. The predicted octanol–water partition coefficient (Wildman–Crippen LogP) is 4.18. The molecule has 0 aromatic carbocycles. The first kappa shape index (κ1) is 18.6. The fourth-order valence-electron chi connectivity index (χ4n) is 4.21. The van der Waals surface area contributed by atoms with Crippen molar-refractivity contribution in [2.24, 2.45) is 0 Å². The van der Waals surface area contributed by atoms with Crippen LogP contribution in [0.4, 0.5) is 0 Å². The maximum absolute atomic E-state index is 5.66. The van der Waals surface area contributed by atoms with E-state index in [1.807, 2.05) is 30.6 Å². The summed E-state index contributed by atoms with van der Waals surface area (Å²) >= 11 is 5.66. The Morgan fingerprint density at radius 1 is 1.07 bits per heavy atom. The van der Waals surface area contributed by atoms with Crippen LogP contribution in [-0.4, -0.2) is 31.1 Å². The molecule has 1 fully saturated rings. The second-order valence-corrected chi connectivity index (χ2v) is 7.61. The summed E-state index contributed by atoms with van der Waals surface area (Å²) in [5.74, 6) is 0.981. The molecular formula is C22H25N5S. The van der Waals surface area contributed by atoms with E-state index < -0.39 is 0 Å². The third-order valence-electron chi connectivity index (χ3n) is 5.52. The molecule has 4 rings (SSSR count). The highest BCUT2D eigenvalue weighted by molar-refractivity contribution is 7.80. The molecule has 1 N–H and O–H groups in total. The fourth-order valence-corrected chi connectivity index (χ4v) is 4.58. The summed E-state index contributed by atoms with van der Waals surface area (Å²) in [6, 6.07) is 12.5. The summed E-state index contributed by atoms with van der Waals surface area (Å²) in [6.45, 7) is 9.39. The Labute approximate surface area is 171 Å². The molecule has 0 spiro atoms. The number of nitrogens with zero attached hydrogens (tertiary/aromatic N) is 4. The third kappa shape index (κ3) is 2.98. The van der Waals surface area contributed by atoms with Gasteiger partial charge in [-0.1, -0.05) is 12.1 Å². The van der Waals surface area contributed by atoms with Gasteiger partial charge in [0.1, 0.15) is 5.82 Å². The van der Waals surface area contributed by atoms with Crippen molar-refractivity contribution in [2.75, 3.05) is 6.54 Å². The maximum Gasteiger partial charge on any atom is 0.170 e. The quantitative estimate of drug-likeness (QED) is 0.676. The molecule has 0 amide bonds. The van der Waals surface area contributed by atoms with E-state index >= 15 is 0 Å². The van der Waals surface area contributed by atoms with Crippen molar-refractivity contribution in [3.8, 4) is 5.82 Å². The molecule has 4 heterocycles. The molecule has 1 aliphatic rings. The number of hydrogen-bond acceptors (Lipinski definition) is 3. The van der Waals surface area contributed by atoms with E-state index in [9.17, 15) is 0 Å². The first-order valence-electron chi connectivity index (χ1n) is 9.61. The Hall–Kier alpha value is -2.73. The van der Waals surface area contributed by atoms with Crippen LogP contribution in [0.15, 0.2) is 48.8 Å². The second-order valence-electron chi connectivity index (χ2n) is 7.22. The van der Waals surface area contributed by atoms with Gasteiger partial charge in [-0.3, -0.25) is 4.98 Å². The van der Waals surface area contributed by atoms with Crippen LogP contribution in [0.2, 0.25) is 0 Å². The zero-order valence-electron chi connectivity index (χ0n) is 16.7. The van der Waals surface area contributed by atoms with Gasteiger partial charge in [-0.2, -0.15) is 0 Å². The first-order valence-corrected chi connectivity index (χ1v) is 10.0. The smallest absolute Gasteiger partial charge is 0.170 e. The zero-order valence-corrected chi connectivity index (χ0v) is 17.5. The monoisotopic (exact) mass is 391 g/mol. The lowest BCUT2D eigenvalue weighted by Crippen LogP contribution is -2.29. The molecule has 1 saturated heterocycles. The summed E-state index contributed by atoms with van der Waals surface area (Å²) in [6.07, 6.45) is 3.69. The van der Waals surface area contributed by atoms with E-state index in [-0.39, 0.29) is 12.1 Å². The number of hydrogen-bond donors (Lipinski definition) is 1. The Bertz CT molecular complexity index is 1010. The van der Waals surface area contributed by atoms with Crippen LogP contribution in [0.25, 0.3) is 5.82 Å². The van der Waals surface area contributed by atoms with Gasteiger partial charge in [0, 0.05) is 30.3 Å². The summed E-state index contributed by atoms with van der Waals surface area (Å²) in [5.41, 5.74) is 5.78. The van der Waals surface area contributed by atoms with E-state index in [0.717, 1.165) is 28.7 Å². The van der Waals surface area contributed by atoms with Crippen LogP contribution in [0, 0.1) is 20.8 Å². The van der Waals surface area contributed by atoms with Crippen molar-refractivity contribution in [1.82, 2.24) is 24.8 Å². The second kappa shape index (κ2) is 7.36. The van der Waals surface area contributed by atoms with Crippen LogP contribution in [-0.2, 0) is 0 Å². The lowest BCUT2D eigenvalue weighted by atomic mass is 9.97. The van der Waals surface area contributed by atoms with E-state index in [2.05, 4.69) is 70.6 Å². The summed E-state index contributed by atoms with van der Waals surface area (Å²) in [4.78, 5) is 11.5. The van der Waals surface area contributed by atoms with Crippen molar-refractivity contribution >= 4 is 17.3 Å². The first-order chi connectivity index (χ1) is 13.5. The number of aryl methyl sites for hydroxylation is 2. The number of nitrogens with one attached hydrogen (secondary N) is 1. The maximum atomic E-state index is 5.66. The van der Waals surface area contributed by atoms with Gasteiger partial charge in [0.05, 0.1) is 17.8 Å². The fraction of sp³-hybridized carbons (Fsp3) is 0.318. The lowest BCUT2D eigenvalue weighted by molar-refractivity contribution is 0.329. The number of aromatic nitrogens is 3. The number of thiocarbonyl (C=S) groups is 1. The SMILES string of the molecule is CCN1C(=S)N[C@H](c2ccccn2)[C@@H]1c1cc(C)n(-c2ncccc2C)c1C. The highest BCUT2D eigenvalue weighted by Gasteiger charge is 2.40. The van der Waals surface area contributed by atoms with Crippen molar-refractivity contribution in [1.29, 1.82) is 0 Å². The van der Waals surface area contributed by atoms with Crippen LogP contribution >= 0.6 is 12.2 Å². The molecule has 5 nitrogen and oxygen atoms in total. The van der Waals surface area contributed by atoms with Crippen LogP contribution in [0.1, 0.15) is 47.2 Å². The van der Waals surface area contributed by atoms with Gasteiger partial charge in [-0.05, 0) is 75.3 Å². The van der Waals surface area contributed by atoms with E-state index in [0.29, 0.717) is 0 Å². The molecule has 1 aliphatic heterocycles. The van der Waals surface area contributed by atoms with Gasteiger partial charge in [-0.25, -0.2) is 4.98 Å². The topological polar surface area (TPSA) is 46.0 Å². The Morgan fingerprint density at radius 2 is 1.86 bits per heavy atom. The molecule has 0 radical (unpaired) electrons. The van der Waals surface area contributed by atoms with Crippen molar-refractivity contribution in [3.63, 3.8) is 0 Å². The van der Waals surface area contributed by atoms with Gasteiger partial charge < -0.3 is 14.8 Å². The van der Waals surface area contributed by atoms with E-state index in [4.69, 9.17) is 12.2 Å². The highest BCUT2D eigenvalue weighted by Crippen LogP contribution is 2.41. The predicted molar refractivity (Wildman–Crippen MR) is 116 cm³/mol. The molecule has 0 saturated carbocycles. The average molecular weight is 392 g/mol. The summed E-state index contributed by atoms with van der Waals surface area (Å²) in [5, 5.41) is 4.28. The third-order valence-corrected chi connectivity index (χ3v) is 5.87. The highest BCUT2D eigenvalue weighted by atomic mass is 32.1. The molecule has 2 atom stereocenters. The number of pyridine rings is 2. The molecule has 3 aromatic rings. The van der Waals surface area contributed by atoms with Gasteiger partial charge in [-0.15, -0.1) is 0 Å². The largest absolute Gasteiger partial charge is 0.352 e. The minimum atomic E-state index is 0.0208. The van der Waals surface area contributed by atoms with Gasteiger partial charge in [0.2, 0.25) is 0 Å². The van der Waals surface area contributed by atoms with Crippen LogP contribution in [0.5, 0.6) is 0 Å². The molecule has 144 valence electrons. The van der Waals surface area contributed by atoms with Crippen molar-refractivity contribution < 1.29 is 0 Å². The van der Waals surface area contributed by atoms with E-state index in [1.165, 1.54) is 17.0 Å². The minimum Gasteiger partial charge on any atom is -0.352 e. The summed E-state index contributed by atoms with van der Waals surface area (Å²) < 4.78 is 2.25. The normalized spacial score (nSPS) is 19.1. The lowest BCUT2D eigenvalue weighted by Gasteiger charge is -2.27. The van der Waals surface area contributed by atoms with E-state index in [1.54, 1.807) is 0 Å². The minimum absolute atomic E-state index is 0.0208. The molecule has 3 aromatic heterocycles.